The Labute approximate surface area is 124 Å². The molecular weight excluding hydrogens is 274 g/mol. The summed E-state index contributed by atoms with van der Waals surface area (Å²) in [6.45, 7) is 4.53. The molecule has 1 unspecified atom stereocenters. The Morgan fingerprint density at radius 3 is 2.60 bits per heavy atom. The Bertz CT molecular complexity index is 595. The van der Waals surface area contributed by atoms with Crippen LogP contribution in [0.2, 0.25) is 5.02 Å². The maximum absolute atomic E-state index is 9.61. The van der Waals surface area contributed by atoms with Gasteiger partial charge in [0.05, 0.1) is 29.1 Å². The van der Waals surface area contributed by atoms with Crippen molar-refractivity contribution in [2.75, 3.05) is 6.61 Å². The summed E-state index contributed by atoms with van der Waals surface area (Å²) in [7, 11) is 1.87. The fourth-order valence-corrected chi connectivity index (χ4v) is 2.57. The number of aliphatic hydroxyl groups is 1. The van der Waals surface area contributed by atoms with Crippen molar-refractivity contribution < 1.29 is 5.11 Å². The summed E-state index contributed by atoms with van der Waals surface area (Å²) in [5.74, 6) is 0. The maximum Gasteiger partial charge on any atom is 0.0860 e. The molecule has 0 spiro atoms. The Hall–Kier alpha value is -1.36. The summed E-state index contributed by atoms with van der Waals surface area (Å²) in [6, 6.07) is 7.94. The average molecular weight is 294 g/mol. The molecular formula is C15H20ClN3O. The third-order valence-corrected chi connectivity index (χ3v) is 4.02. The quantitative estimate of drug-likeness (QED) is 0.890. The van der Waals surface area contributed by atoms with Crippen molar-refractivity contribution in [3.05, 3.63) is 51.8 Å². The molecule has 2 aromatic rings. The Balaban J connectivity index is 2.14. The zero-order valence-corrected chi connectivity index (χ0v) is 12.8. The standard InChI is InChI=1S/C15H20ClN3O/c1-10-6-4-5-7-12(10)13(9-20)17-8-14-15(16)11(2)18-19(14)3/h4-7,13,17,20H,8-9H2,1-3H3. The van der Waals surface area contributed by atoms with E-state index in [1.165, 1.54) is 0 Å². The van der Waals surface area contributed by atoms with Crippen LogP contribution in [0.15, 0.2) is 24.3 Å². The van der Waals surface area contributed by atoms with Crippen molar-refractivity contribution in [2.45, 2.75) is 26.4 Å². The number of nitrogens with one attached hydrogen (secondary N) is 1. The molecule has 0 bridgehead atoms. The second-order valence-corrected chi connectivity index (χ2v) is 5.32. The van der Waals surface area contributed by atoms with E-state index < -0.39 is 0 Å². The number of nitrogens with zero attached hydrogens (tertiary/aromatic N) is 2. The fraction of sp³-hybridized carbons (Fsp3) is 0.400. The molecule has 1 aromatic carbocycles. The number of aromatic nitrogens is 2. The minimum atomic E-state index is -0.109. The van der Waals surface area contributed by atoms with Gasteiger partial charge in [0, 0.05) is 13.6 Å². The fourth-order valence-electron chi connectivity index (χ4n) is 2.34. The predicted molar refractivity (Wildman–Crippen MR) is 80.8 cm³/mol. The first-order chi connectivity index (χ1) is 9.54. The molecule has 4 nitrogen and oxygen atoms in total. The second-order valence-electron chi connectivity index (χ2n) is 4.94. The van der Waals surface area contributed by atoms with Crippen LogP contribution in [0.3, 0.4) is 0 Å². The van der Waals surface area contributed by atoms with Gasteiger partial charge in [0.1, 0.15) is 0 Å². The monoisotopic (exact) mass is 293 g/mol. The van der Waals surface area contributed by atoms with E-state index in [1.54, 1.807) is 4.68 Å². The van der Waals surface area contributed by atoms with E-state index in [1.807, 2.05) is 45.2 Å². The third-order valence-electron chi connectivity index (χ3n) is 3.52. The van der Waals surface area contributed by atoms with Gasteiger partial charge in [0.2, 0.25) is 0 Å². The van der Waals surface area contributed by atoms with Gasteiger partial charge in [0.15, 0.2) is 0 Å². The number of aliphatic hydroxyl groups excluding tert-OH is 1. The number of hydrogen-bond acceptors (Lipinski definition) is 3. The van der Waals surface area contributed by atoms with Gasteiger partial charge in [-0.1, -0.05) is 35.9 Å². The highest BCUT2D eigenvalue weighted by Crippen LogP contribution is 2.21. The molecule has 2 rings (SSSR count). The van der Waals surface area contributed by atoms with Crippen LogP contribution in [0.1, 0.15) is 28.6 Å². The Morgan fingerprint density at radius 1 is 1.35 bits per heavy atom. The third kappa shape index (κ3) is 3.03. The van der Waals surface area contributed by atoms with E-state index in [-0.39, 0.29) is 12.6 Å². The van der Waals surface area contributed by atoms with Crippen LogP contribution in [0.4, 0.5) is 0 Å². The molecule has 0 aliphatic carbocycles. The van der Waals surface area contributed by atoms with Crippen LogP contribution in [0.25, 0.3) is 0 Å². The smallest absolute Gasteiger partial charge is 0.0860 e. The predicted octanol–water partition coefficient (Wildman–Crippen LogP) is 2.51. The summed E-state index contributed by atoms with van der Waals surface area (Å²) in [5, 5.41) is 17.9. The summed E-state index contributed by atoms with van der Waals surface area (Å²) in [4.78, 5) is 0. The van der Waals surface area contributed by atoms with Crippen molar-refractivity contribution in [2.24, 2.45) is 7.05 Å². The van der Waals surface area contributed by atoms with Gasteiger partial charge in [-0.3, -0.25) is 4.68 Å². The lowest BCUT2D eigenvalue weighted by Crippen LogP contribution is -2.25. The molecule has 0 amide bonds. The zero-order valence-electron chi connectivity index (χ0n) is 12.0. The first kappa shape index (κ1) is 15.0. The van der Waals surface area contributed by atoms with Crippen molar-refractivity contribution in [3.63, 3.8) is 0 Å². The average Bonchev–Trinajstić information content (AvgIpc) is 2.67. The Kier molecular flexibility index (Phi) is 4.81. The number of benzene rings is 1. The molecule has 1 atom stereocenters. The molecule has 108 valence electrons. The maximum atomic E-state index is 9.61. The van der Waals surface area contributed by atoms with Gasteiger partial charge < -0.3 is 10.4 Å². The minimum Gasteiger partial charge on any atom is -0.394 e. The van der Waals surface area contributed by atoms with Crippen molar-refractivity contribution in [1.82, 2.24) is 15.1 Å². The van der Waals surface area contributed by atoms with Crippen LogP contribution < -0.4 is 5.32 Å². The van der Waals surface area contributed by atoms with Gasteiger partial charge in [0.25, 0.3) is 0 Å². The van der Waals surface area contributed by atoms with E-state index in [0.29, 0.717) is 11.6 Å². The van der Waals surface area contributed by atoms with Gasteiger partial charge >= 0.3 is 0 Å². The second kappa shape index (κ2) is 6.39. The lowest BCUT2D eigenvalue weighted by atomic mass is 10.0. The van der Waals surface area contributed by atoms with Crippen LogP contribution in [0.5, 0.6) is 0 Å². The number of halogens is 1. The zero-order chi connectivity index (χ0) is 14.7. The molecule has 0 fully saturated rings. The molecule has 0 aliphatic rings. The highest BCUT2D eigenvalue weighted by atomic mass is 35.5. The highest BCUT2D eigenvalue weighted by molar-refractivity contribution is 6.31. The van der Waals surface area contributed by atoms with E-state index in [2.05, 4.69) is 10.4 Å². The lowest BCUT2D eigenvalue weighted by Gasteiger charge is -2.19. The molecule has 0 saturated heterocycles. The van der Waals surface area contributed by atoms with Gasteiger partial charge in [-0.25, -0.2) is 0 Å². The van der Waals surface area contributed by atoms with Crippen LogP contribution in [0, 0.1) is 13.8 Å². The van der Waals surface area contributed by atoms with Crippen molar-refractivity contribution in [1.29, 1.82) is 0 Å². The van der Waals surface area contributed by atoms with E-state index in [0.717, 1.165) is 22.5 Å². The first-order valence-corrected chi connectivity index (χ1v) is 7.00. The summed E-state index contributed by atoms with van der Waals surface area (Å²) >= 11 is 6.23. The Morgan fingerprint density at radius 2 is 2.05 bits per heavy atom. The molecule has 0 saturated carbocycles. The molecule has 0 aliphatic heterocycles. The largest absolute Gasteiger partial charge is 0.394 e. The molecule has 1 heterocycles. The first-order valence-electron chi connectivity index (χ1n) is 6.62. The van der Waals surface area contributed by atoms with E-state index in [9.17, 15) is 5.11 Å². The van der Waals surface area contributed by atoms with E-state index in [4.69, 9.17) is 11.6 Å². The molecule has 20 heavy (non-hydrogen) atoms. The molecule has 2 N–H and O–H groups in total. The number of hydrogen-bond donors (Lipinski definition) is 2. The number of aryl methyl sites for hydroxylation is 3. The highest BCUT2D eigenvalue weighted by Gasteiger charge is 2.15. The van der Waals surface area contributed by atoms with Crippen molar-refractivity contribution >= 4 is 11.6 Å². The summed E-state index contributed by atoms with van der Waals surface area (Å²) in [5.41, 5.74) is 4.01. The number of rotatable bonds is 5. The summed E-state index contributed by atoms with van der Waals surface area (Å²) in [6.07, 6.45) is 0. The van der Waals surface area contributed by atoms with Crippen LogP contribution in [-0.2, 0) is 13.6 Å². The van der Waals surface area contributed by atoms with Gasteiger partial charge in [-0.2, -0.15) is 5.10 Å². The topological polar surface area (TPSA) is 50.1 Å². The molecule has 0 radical (unpaired) electrons. The van der Waals surface area contributed by atoms with Crippen molar-refractivity contribution in [3.8, 4) is 0 Å². The van der Waals surface area contributed by atoms with E-state index >= 15 is 0 Å². The molecule has 1 aromatic heterocycles. The molecule has 5 heteroatoms. The minimum absolute atomic E-state index is 0.0410. The van der Waals surface area contributed by atoms with Gasteiger partial charge in [-0.15, -0.1) is 0 Å². The summed E-state index contributed by atoms with van der Waals surface area (Å²) < 4.78 is 1.77. The normalized spacial score (nSPS) is 12.7. The van der Waals surface area contributed by atoms with Crippen LogP contribution in [-0.4, -0.2) is 21.5 Å². The SMILES string of the molecule is Cc1ccccc1C(CO)NCc1c(Cl)c(C)nn1C. The van der Waals surface area contributed by atoms with Crippen LogP contribution >= 0.6 is 11.6 Å². The van der Waals surface area contributed by atoms with Gasteiger partial charge in [-0.05, 0) is 25.0 Å². The lowest BCUT2D eigenvalue weighted by molar-refractivity contribution is 0.242.